The molecule has 172 valence electrons. The molecule has 0 radical (unpaired) electrons. The number of aliphatic hydroxyl groups excluding tert-OH is 1. The second-order valence-corrected chi connectivity index (χ2v) is 8.64. The van der Waals surface area contributed by atoms with E-state index in [1.165, 1.54) is 6.92 Å². The maximum Gasteiger partial charge on any atom is 0.326 e. The Kier molecular flexibility index (Phi) is 10.2. The van der Waals surface area contributed by atoms with Gasteiger partial charge in [-0.3, -0.25) is 14.4 Å². The van der Waals surface area contributed by atoms with Gasteiger partial charge in [0.25, 0.3) is 0 Å². The third-order valence-electron chi connectivity index (χ3n) is 5.01. The molecule has 0 spiro atoms. The Hall–Kier alpha value is -2.20. The number of aliphatic hydroxyl groups is 1. The Bertz CT molecular complexity index is 616. The van der Waals surface area contributed by atoms with E-state index in [0.29, 0.717) is 6.42 Å². The lowest BCUT2D eigenvalue weighted by molar-refractivity contribution is -0.143. The SMILES string of the molecule is CC(C)CC(NC(=O)C(NC(=O)C(NC(=O)C1CCCN1)C(C)C)C(C)O)C(=O)O. The van der Waals surface area contributed by atoms with E-state index in [-0.39, 0.29) is 30.2 Å². The van der Waals surface area contributed by atoms with Crippen LogP contribution in [0.3, 0.4) is 0 Å². The second-order valence-electron chi connectivity index (χ2n) is 8.64. The molecule has 0 bridgehead atoms. The average Bonchev–Trinajstić information content (AvgIpc) is 3.16. The third kappa shape index (κ3) is 7.91. The topological polar surface area (TPSA) is 157 Å². The van der Waals surface area contributed by atoms with E-state index in [1.807, 2.05) is 13.8 Å². The van der Waals surface area contributed by atoms with Gasteiger partial charge in [-0.25, -0.2) is 4.79 Å². The summed E-state index contributed by atoms with van der Waals surface area (Å²) in [5.41, 5.74) is 0. The van der Waals surface area contributed by atoms with Crippen LogP contribution in [0.2, 0.25) is 0 Å². The monoisotopic (exact) mass is 428 g/mol. The van der Waals surface area contributed by atoms with Gasteiger partial charge in [0.15, 0.2) is 0 Å². The normalized spacial score (nSPS) is 20.3. The Morgan fingerprint density at radius 2 is 1.57 bits per heavy atom. The summed E-state index contributed by atoms with van der Waals surface area (Å²) in [6.45, 7) is 9.23. The number of hydrogen-bond acceptors (Lipinski definition) is 6. The highest BCUT2D eigenvalue weighted by Crippen LogP contribution is 2.09. The standard InChI is InChI=1S/C20H36N4O6/c1-10(2)9-14(20(29)30)22-19(28)16(12(5)25)24-18(27)15(11(3)4)23-17(26)13-7-6-8-21-13/h10-16,21,25H,6-9H2,1-5H3,(H,22,28)(H,23,26)(H,24,27)(H,29,30). The molecule has 1 fully saturated rings. The van der Waals surface area contributed by atoms with Gasteiger partial charge >= 0.3 is 5.97 Å². The molecule has 10 nitrogen and oxygen atoms in total. The molecule has 10 heteroatoms. The van der Waals surface area contributed by atoms with Crippen LogP contribution in [0.5, 0.6) is 0 Å². The summed E-state index contributed by atoms with van der Waals surface area (Å²) >= 11 is 0. The highest BCUT2D eigenvalue weighted by molar-refractivity contribution is 5.94. The van der Waals surface area contributed by atoms with Crippen molar-refractivity contribution in [3.63, 3.8) is 0 Å². The molecular formula is C20H36N4O6. The van der Waals surface area contributed by atoms with Crippen molar-refractivity contribution in [3.05, 3.63) is 0 Å². The van der Waals surface area contributed by atoms with Crippen molar-refractivity contribution in [1.29, 1.82) is 0 Å². The molecule has 5 unspecified atom stereocenters. The summed E-state index contributed by atoms with van der Waals surface area (Å²) < 4.78 is 0. The minimum atomic E-state index is -1.35. The van der Waals surface area contributed by atoms with Crippen LogP contribution in [-0.4, -0.2) is 70.7 Å². The van der Waals surface area contributed by atoms with Crippen molar-refractivity contribution in [3.8, 4) is 0 Å². The molecule has 1 rings (SSSR count). The fourth-order valence-electron chi connectivity index (χ4n) is 3.30. The van der Waals surface area contributed by atoms with E-state index in [4.69, 9.17) is 0 Å². The van der Waals surface area contributed by atoms with Gasteiger partial charge in [-0.05, 0) is 44.6 Å². The van der Waals surface area contributed by atoms with Gasteiger partial charge in [0.05, 0.1) is 12.1 Å². The molecule has 0 aliphatic carbocycles. The minimum Gasteiger partial charge on any atom is -0.480 e. The quantitative estimate of drug-likeness (QED) is 0.255. The third-order valence-corrected chi connectivity index (χ3v) is 5.01. The van der Waals surface area contributed by atoms with E-state index in [0.717, 1.165) is 13.0 Å². The molecule has 0 aromatic rings. The zero-order valence-corrected chi connectivity index (χ0v) is 18.4. The fraction of sp³-hybridized carbons (Fsp3) is 0.800. The lowest BCUT2D eigenvalue weighted by Crippen LogP contribution is -2.60. The van der Waals surface area contributed by atoms with Crippen molar-refractivity contribution < 1.29 is 29.4 Å². The summed E-state index contributed by atoms with van der Waals surface area (Å²) in [5, 5.41) is 29.9. The fourth-order valence-corrected chi connectivity index (χ4v) is 3.30. The highest BCUT2D eigenvalue weighted by atomic mass is 16.4. The molecule has 6 N–H and O–H groups in total. The number of hydrogen-bond donors (Lipinski definition) is 6. The minimum absolute atomic E-state index is 0.0238. The van der Waals surface area contributed by atoms with Gasteiger partial charge in [-0.1, -0.05) is 27.7 Å². The second kappa shape index (κ2) is 11.8. The number of carboxylic acid groups (broad SMARTS) is 1. The largest absolute Gasteiger partial charge is 0.480 e. The van der Waals surface area contributed by atoms with Gasteiger partial charge in [-0.15, -0.1) is 0 Å². The van der Waals surface area contributed by atoms with Gasteiger partial charge in [0.2, 0.25) is 17.7 Å². The smallest absolute Gasteiger partial charge is 0.326 e. The summed E-state index contributed by atoms with van der Waals surface area (Å²) in [5.74, 6) is -3.13. The van der Waals surface area contributed by atoms with Crippen LogP contribution in [-0.2, 0) is 19.2 Å². The van der Waals surface area contributed by atoms with Crippen LogP contribution in [0.4, 0.5) is 0 Å². The zero-order chi connectivity index (χ0) is 23.0. The molecule has 1 saturated heterocycles. The van der Waals surface area contributed by atoms with Crippen LogP contribution < -0.4 is 21.3 Å². The van der Waals surface area contributed by atoms with Crippen molar-refractivity contribution in [2.45, 2.75) is 84.2 Å². The van der Waals surface area contributed by atoms with Gasteiger partial charge in [0.1, 0.15) is 18.1 Å². The first-order chi connectivity index (χ1) is 13.9. The number of nitrogens with one attached hydrogen (secondary N) is 4. The molecule has 3 amide bonds. The molecule has 0 aromatic heterocycles. The number of carbonyl (C=O) groups excluding carboxylic acids is 3. The van der Waals surface area contributed by atoms with Crippen molar-refractivity contribution in [2.24, 2.45) is 11.8 Å². The summed E-state index contributed by atoms with van der Waals surface area (Å²) in [6.07, 6.45) is 0.508. The summed E-state index contributed by atoms with van der Waals surface area (Å²) in [4.78, 5) is 49.2. The lowest BCUT2D eigenvalue weighted by atomic mass is 10.0. The molecule has 1 aliphatic rings. The Balaban J connectivity index is 2.84. The first kappa shape index (κ1) is 25.8. The van der Waals surface area contributed by atoms with Crippen molar-refractivity contribution in [2.75, 3.05) is 6.54 Å². The zero-order valence-electron chi connectivity index (χ0n) is 18.4. The molecule has 1 heterocycles. The van der Waals surface area contributed by atoms with Gasteiger partial charge in [0, 0.05) is 0 Å². The highest BCUT2D eigenvalue weighted by Gasteiger charge is 2.34. The van der Waals surface area contributed by atoms with Gasteiger partial charge in [-0.2, -0.15) is 0 Å². The summed E-state index contributed by atoms with van der Waals surface area (Å²) in [7, 11) is 0. The maximum atomic E-state index is 12.8. The predicted octanol–water partition coefficient (Wildman–Crippen LogP) is -0.640. The van der Waals surface area contributed by atoms with Crippen LogP contribution in [0.15, 0.2) is 0 Å². The van der Waals surface area contributed by atoms with E-state index in [1.54, 1.807) is 13.8 Å². The maximum absolute atomic E-state index is 12.8. The van der Waals surface area contributed by atoms with Crippen LogP contribution >= 0.6 is 0 Å². The van der Waals surface area contributed by atoms with E-state index < -0.39 is 42.0 Å². The van der Waals surface area contributed by atoms with Crippen molar-refractivity contribution in [1.82, 2.24) is 21.3 Å². The van der Waals surface area contributed by atoms with Crippen molar-refractivity contribution >= 4 is 23.7 Å². The van der Waals surface area contributed by atoms with Crippen LogP contribution in [0.25, 0.3) is 0 Å². The van der Waals surface area contributed by atoms with E-state index in [9.17, 15) is 29.4 Å². The number of aliphatic carboxylic acids is 1. The molecule has 5 atom stereocenters. The number of amides is 3. The van der Waals surface area contributed by atoms with Gasteiger partial charge < -0.3 is 31.5 Å². The number of carbonyl (C=O) groups is 4. The Morgan fingerprint density at radius 3 is 2.00 bits per heavy atom. The van der Waals surface area contributed by atoms with Crippen LogP contribution in [0, 0.1) is 11.8 Å². The van der Waals surface area contributed by atoms with E-state index >= 15 is 0 Å². The average molecular weight is 429 g/mol. The molecule has 30 heavy (non-hydrogen) atoms. The molecule has 1 aliphatic heterocycles. The Labute approximate surface area is 177 Å². The number of rotatable bonds is 11. The Morgan fingerprint density at radius 1 is 0.967 bits per heavy atom. The molecule has 0 aromatic carbocycles. The summed E-state index contributed by atoms with van der Waals surface area (Å²) in [6, 6.07) is -3.75. The molecular weight excluding hydrogens is 392 g/mol. The lowest BCUT2D eigenvalue weighted by Gasteiger charge is -2.28. The first-order valence-corrected chi connectivity index (χ1v) is 10.5. The first-order valence-electron chi connectivity index (χ1n) is 10.5. The predicted molar refractivity (Wildman–Crippen MR) is 110 cm³/mol. The number of carboxylic acids is 1. The molecule has 0 saturated carbocycles. The van der Waals surface area contributed by atoms with E-state index in [2.05, 4.69) is 21.3 Å². The van der Waals surface area contributed by atoms with Crippen LogP contribution in [0.1, 0.15) is 53.9 Å².